The number of nitrogens with one attached hydrogen (secondary N) is 1. The van der Waals surface area contributed by atoms with Crippen LogP contribution in [-0.2, 0) is 4.74 Å². The van der Waals surface area contributed by atoms with Gasteiger partial charge in [0.05, 0.1) is 6.10 Å². The third kappa shape index (κ3) is 2.56. The van der Waals surface area contributed by atoms with Crippen molar-refractivity contribution in [1.82, 2.24) is 5.32 Å². The zero-order valence-corrected chi connectivity index (χ0v) is 11.3. The van der Waals surface area contributed by atoms with Crippen molar-refractivity contribution in [2.75, 3.05) is 19.7 Å². The fourth-order valence-corrected chi connectivity index (χ4v) is 3.47. The second-order valence-corrected chi connectivity index (χ2v) is 5.80. The van der Waals surface area contributed by atoms with E-state index in [0.29, 0.717) is 17.9 Å². The van der Waals surface area contributed by atoms with Crippen LogP contribution < -0.4 is 5.32 Å². The van der Waals surface area contributed by atoms with E-state index in [-0.39, 0.29) is 0 Å². The van der Waals surface area contributed by atoms with Crippen LogP contribution in [0.15, 0.2) is 24.3 Å². The summed E-state index contributed by atoms with van der Waals surface area (Å²) in [6.07, 6.45) is 4.14. The van der Waals surface area contributed by atoms with E-state index >= 15 is 0 Å². The molecule has 0 radical (unpaired) electrons. The fourth-order valence-electron chi connectivity index (χ4n) is 3.34. The zero-order valence-electron chi connectivity index (χ0n) is 10.6. The van der Waals surface area contributed by atoms with Crippen LogP contribution in [0.1, 0.15) is 30.7 Å². The number of hydrogen-bond donors (Lipinski definition) is 1. The Labute approximate surface area is 114 Å². The number of benzene rings is 1. The molecule has 2 aliphatic heterocycles. The summed E-state index contributed by atoms with van der Waals surface area (Å²) in [6.45, 7) is 3.13. The summed E-state index contributed by atoms with van der Waals surface area (Å²) >= 11 is 5.97. The van der Waals surface area contributed by atoms with Crippen LogP contribution in [0.25, 0.3) is 0 Å². The van der Waals surface area contributed by atoms with Crippen molar-refractivity contribution in [3.63, 3.8) is 0 Å². The van der Waals surface area contributed by atoms with E-state index in [4.69, 9.17) is 16.3 Å². The standard InChI is InChI=1S/C15H20ClNO/c16-12-5-3-11(4-6-12)14-10-17-8-7-13(14)15-2-1-9-18-15/h3-6,13-15,17H,1-2,7-10H2. The Balaban J connectivity index is 1.80. The predicted octanol–water partition coefficient (Wildman–Crippen LogP) is 3.21. The normalized spacial score (nSPS) is 32.6. The molecule has 1 N–H and O–H groups in total. The second-order valence-electron chi connectivity index (χ2n) is 5.37. The van der Waals surface area contributed by atoms with Gasteiger partial charge in [-0.3, -0.25) is 0 Å². The SMILES string of the molecule is Clc1ccc(C2CNCCC2C2CCCO2)cc1. The molecule has 1 aromatic carbocycles. The smallest absolute Gasteiger partial charge is 0.0610 e. The molecule has 0 aliphatic carbocycles. The number of hydrogen-bond acceptors (Lipinski definition) is 2. The Kier molecular flexibility index (Phi) is 3.88. The average Bonchev–Trinajstić information content (AvgIpc) is 2.93. The Hall–Kier alpha value is -0.570. The molecule has 98 valence electrons. The molecule has 0 saturated carbocycles. The number of piperidine rings is 1. The second kappa shape index (κ2) is 5.60. The number of ether oxygens (including phenoxy) is 1. The molecule has 0 spiro atoms. The predicted molar refractivity (Wildman–Crippen MR) is 74.1 cm³/mol. The molecular formula is C15H20ClNO. The van der Waals surface area contributed by atoms with E-state index in [0.717, 1.165) is 24.7 Å². The Morgan fingerprint density at radius 1 is 1.17 bits per heavy atom. The van der Waals surface area contributed by atoms with Crippen molar-refractivity contribution in [3.8, 4) is 0 Å². The minimum absolute atomic E-state index is 0.466. The summed E-state index contributed by atoms with van der Waals surface area (Å²) in [7, 11) is 0. The van der Waals surface area contributed by atoms with Crippen LogP contribution in [0.3, 0.4) is 0 Å². The van der Waals surface area contributed by atoms with Gasteiger partial charge >= 0.3 is 0 Å². The molecule has 2 saturated heterocycles. The molecule has 1 aromatic rings. The molecular weight excluding hydrogens is 246 g/mol. The van der Waals surface area contributed by atoms with Crippen LogP contribution in [0, 0.1) is 5.92 Å². The largest absolute Gasteiger partial charge is 0.378 e. The number of halogens is 1. The van der Waals surface area contributed by atoms with E-state index in [1.807, 2.05) is 12.1 Å². The van der Waals surface area contributed by atoms with Crippen LogP contribution in [0.4, 0.5) is 0 Å². The average molecular weight is 266 g/mol. The van der Waals surface area contributed by atoms with Crippen LogP contribution >= 0.6 is 11.6 Å². The molecule has 2 fully saturated rings. The third-order valence-corrected chi connectivity index (χ3v) is 4.53. The number of rotatable bonds is 2. The summed E-state index contributed by atoms with van der Waals surface area (Å²) < 4.78 is 5.91. The van der Waals surface area contributed by atoms with E-state index in [1.165, 1.54) is 24.8 Å². The van der Waals surface area contributed by atoms with E-state index in [1.54, 1.807) is 0 Å². The minimum atomic E-state index is 0.466. The van der Waals surface area contributed by atoms with Crippen molar-refractivity contribution < 1.29 is 4.74 Å². The first-order valence-electron chi connectivity index (χ1n) is 6.92. The van der Waals surface area contributed by atoms with Crippen molar-refractivity contribution >= 4 is 11.6 Å². The molecule has 3 unspecified atom stereocenters. The molecule has 18 heavy (non-hydrogen) atoms. The maximum absolute atomic E-state index is 5.97. The highest BCUT2D eigenvalue weighted by molar-refractivity contribution is 6.30. The monoisotopic (exact) mass is 265 g/mol. The van der Waals surface area contributed by atoms with Crippen molar-refractivity contribution in [2.45, 2.75) is 31.3 Å². The van der Waals surface area contributed by atoms with E-state index in [9.17, 15) is 0 Å². The van der Waals surface area contributed by atoms with Gasteiger partial charge in [0.25, 0.3) is 0 Å². The molecule has 0 aromatic heterocycles. The van der Waals surface area contributed by atoms with Gasteiger partial charge in [-0.05, 0) is 49.4 Å². The summed E-state index contributed by atoms with van der Waals surface area (Å²) in [5, 5.41) is 4.33. The summed E-state index contributed by atoms with van der Waals surface area (Å²) in [6, 6.07) is 8.33. The maximum Gasteiger partial charge on any atom is 0.0610 e. The quantitative estimate of drug-likeness (QED) is 0.887. The minimum Gasteiger partial charge on any atom is -0.378 e. The van der Waals surface area contributed by atoms with Crippen LogP contribution in [-0.4, -0.2) is 25.8 Å². The first kappa shape index (κ1) is 12.5. The zero-order chi connectivity index (χ0) is 12.4. The molecule has 2 heterocycles. The van der Waals surface area contributed by atoms with Gasteiger partial charge in [-0.25, -0.2) is 0 Å². The van der Waals surface area contributed by atoms with Crippen molar-refractivity contribution in [2.24, 2.45) is 5.92 Å². The Morgan fingerprint density at radius 2 is 2.00 bits per heavy atom. The maximum atomic E-state index is 5.97. The highest BCUT2D eigenvalue weighted by Crippen LogP contribution is 2.36. The lowest BCUT2D eigenvalue weighted by Crippen LogP contribution is -2.40. The lowest BCUT2D eigenvalue weighted by Gasteiger charge is -2.36. The van der Waals surface area contributed by atoms with Gasteiger partial charge in [-0.2, -0.15) is 0 Å². The lowest BCUT2D eigenvalue weighted by molar-refractivity contribution is 0.0411. The van der Waals surface area contributed by atoms with Gasteiger partial charge in [-0.1, -0.05) is 23.7 Å². The van der Waals surface area contributed by atoms with Crippen LogP contribution in [0.2, 0.25) is 5.02 Å². The lowest BCUT2D eigenvalue weighted by atomic mass is 9.77. The molecule has 3 atom stereocenters. The van der Waals surface area contributed by atoms with Crippen molar-refractivity contribution in [1.29, 1.82) is 0 Å². The molecule has 3 heteroatoms. The highest BCUT2D eigenvalue weighted by Gasteiger charge is 2.34. The fraction of sp³-hybridized carbons (Fsp3) is 0.600. The van der Waals surface area contributed by atoms with E-state index < -0.39 is 0 Å². The molecule has 3 rings (SSSR count). The summed E-state index contributed by atoms with van der Waals surface area (Å²) in [4.78, 5) is 0. The first-order valence-corrected chi connectivity index (χ1v) is 7.30. The van der Waals surface area contributed by atoms with Gasteiger partial charge in [0, 0.05) is 24.1 Å². The molecule has 0 bridgehead atoms. The topological polar surface area (TPSA) is 21.3 Å². The van der Waals surface area contributed by atoms with Gasteiger partial charge in [0.1, 0.15) is 0 Å². The highest BCUT2D eigenvalue weighted by atomic mass is 35.5. The summed E-state index contributed by atoms with van der Waals surface area (Å²) in [5.41, 5.74) is 1.40. The Morgan fingerprint density at radius 3 is 2.72 bits per heavy atom. The summed E-state index contributed by atoms with van der Waals surface area (Å²) in [5.74, 6) is 1.23. The van der Waals surface area contributed by atoms with E-state index in [2.05, 4.69) is 17.4 Å². The van der Waals surface area contributed by atoms with Gasteiger partial charge in [0.15, 0.2) is 0 Å². The first-order chi connectivity index (χ1) is 8.84. The van der Waals surface area contributed by atoms with Gasteiger partial charge in [-0.15, -0.1) is 0 Å². The molecule has 2 nitrogen and oxygen atoms in total. The van der Waals surface area contributed by atoms with Crippen LogP contribution in [0.5, 0.6) is 0 Å². The Bertz CT molecular complexity index is 386. The van der Waals surface area contributed by atoms with Gasteiger partial charge in [0.2, 0.25) is 0 Å². The van der Waals surface area contributed by atoms with Gasteiger partial charge < -0.3 is 10.1 Å². The third-order valence-electron chi connectivity index (χ3n) is 4.28. The molecule has 0 amide bonds. The van der Waals surface area contributed by atoms with Crippen molar-refractivity contribution in [3.05, 3.63) is 34.9 Å². The molecule has 2 aliphatic rings.